The Morgan fingerprint density at radius 2 is 1.87 bits per heavy atom. The first-order chi connectivity index (χ1) is 14.3. The van der Waals surface area contributed by atoms with Crippen LogP contribution in [0, 0.1) is 5.82 Å². The lowest BCUT2D eigenvalue weighted by molar-refractivity contribution is -0.144. The van der Waals surface area contributed by atoms with Gasteiger partial charge in [0.25, 0.3) is 0 Å². The number of anilines is 2. The van der Waals surface area contributed by atoms with E-state index in [0.29, 0.717) is 43.9 Å². The fourth-order valence-corrected chi connectivity index (χ4v) is 4.14. The number of hydrogen-bond acceptors (Lipinski definition) is 4. The largest absolute Gasteiger partial charge is 0.368 e. The van der Waals surface area contributed by atoms with Gasteiger partial charge in [0.1, 0.15) is 11.6 Å². The van der Waals surface area contributed by atoms with Crippen molar-refractivity contribution in [2.24, 2.45) is 0 Å². The van der Waals surface area contributed by atoms with Gasteiger partial charge in [0.2, 0.25) is 0 Å². The van der Waals surface area contributed by atoms with E-state index in [-0.39, 0.29) is 16.8 Å². The molecule has 2 amide bonds. The van der Waals surface area contributed by atoms with Gasteiger partial charge >= 0.3 is 11.8 Å². The normalized spacial score (nSPS) is 18.4. The van der Waals surface area contributed by atoms with E-state index in [9.17, 15) is 18.8 Å². The molecular formula is C22H21ClFN3O3. The van der Waals surface area contributed by atoms with Crippen LogP contribution in [0.3, 0.4) is 0 Å². The molecule has 156 valence electrons. The average Bonchev–Trinajstić information content (AvgIpc) is 3.08. The van der Waals surface area contributed by atoms with Crippen molar-refractivity contribution in [1.82, 2.24) is 4.90 Å². The average molecular weight is 430 g/mol. The molecule has 1 heterocycles. The fraction of sp³-hybridized carbons (Fsp3) is 0.318. The Labute approximate surface area is 178 Å². The summed E-state index contributed by atoms with van der Waals surface area (Å²) in [6.07, 6.45) is 0.777. The van der Waals surface area contributed by atoms with Gasteiger partial charge in [-0.05, 0) is 48.4 Å². The maximum Gasteiger partial charge on any atom is 0.313 e. The summed E-state index contributed by atoms with van der Waals surface area (Å²) in [7, 11) is 0. The molecule has 0 saturated carbocycles. The first-order valence-corrected chi connectivity index (χ1v) is 10.1. The van der Waals surface area contributed by atoms with E-state index in [1.807, 2.05) is 17.9 Å². The van der Waals surface area contributed by atoms with Crippen LogP contribution in [-0.2, 0) is 27.2 Å². The lowest BCUT2D eigenvalue weighted by Gasteiger charge is -2.40. The Morgan fingerprint density at radius 1 is 1.10 bits per heavy atom. The number of halogens is 2. The highest BCUT2D eigenvalue weighted by Crippen LogP contribution is 2.25. The first-order valence-electron chi connectivity index (χ1n) is 9.77. The Kier molecular flexibility index (Phi) is 5.47. The number of benzene rings is 2. The van der Waals surface area contributed by atoms with E-state index in [2.05, 4.69) is 5.32 Å². The molecule has 0 aromatic heterocycles. The summed E-state index contributed by atoms with van der Waals surface area (Å²) < 4.78 is 13.8. The number of carbonyl (C=O) groups is 3. The van der Waals surface area contributed by atoms with E-state index >= 15 is 0 Å². The van der Waals surface area contributed by atoms with Crippen LogP contribution in [0.2, 0.25) is 5.02 Å². The van der Waals surface area contributed by atoms with Crippen molar-refractivity contribution in [3.63, 3.8) is 0 Å². The number of amides is 2. The zero-order valence-corrected chi connectivity index (χ0v) is 17.2. The summed E-state index contributed by atoms with van der Waals surface area (Å²) in [5.41, 5.74) is 3.05. The molecule has 6 nitrogen and oxygen atoms in total. The molecule has 2 aromatic carbocycles. The predicted molar refractivity (Wildman–Crippen MR) is 112 cm³/mol. The molecular weight excluding hydrogens is 409 g/mol. The Morgan fingerprint density at radius 3 is 2.60 bits per heavy atom. The molecule has 0 unspecified atom stereocenters. The molecule has 1 aliphatic carbocycles. The second-order valence-electron chi connectivity index (χ2n) is 7.72. The van der Waals surface area contributed by atoms with Crippen molar-refractivity contribution < 1.29 is 18.8 Å². The smallest absolute Gasteiger partial charge is 0.313 e. The van der Waals surface area contributed by atoms with Gasteiger partial charge in [-0.2, -0.15) is 0 Å². The van der Waals surface area contributed by atoms with Gasteiger partial charge < -0.3 is 15.1 Å². The summed E-state index contributed by atoms with van der Waals surface area (Å²) in [5, 5.41) is 2.70. The molecule has 0 bridgehead atoms. The molecule has 2 aromatic rings. The lowest BCUT2D eigenvalue weighted by Crippen LogP contribution is -2.56. The third-order valence-corrected chi connectivity index (χ3v) is 5.90. The van der Waals surface area contributed by atoms with Crippen LogP contribution in [0.4, 0.5) is 15.8 Å². The molecule has 1 aliphatic heterocycles. The summed E-state index contributed by atoms with van der Waals surface area (Å²) in [5.74, 6) is -1.66. The molecule has 2 aliphatic rings. The van der Waals surface area contributed by atoms with E-state index in [1.165, 1.54) is 17.0 Å². The van der Waals surface area contributed by atoms with Gasteiger partial charge in [-0.15, -0.1) is 0 Å². The molecule has 0 radical (unpaired) electrons. The maximum absolute atomic E-state index is 13.8. The molecule has 0 spiro atoms. The Bertz CT molecular complexity index is 1040. The van der Waals surface area contributed by atoms with Gasteiger partial charge in [-0.25, -0.2) is 4.39 Å². The molecule has 1 fully saturated rings. The van der Waals surface area contributed by atoms with Crippen LogP contribution in [0.15, 0.2) is 36.4 Å². The van der Waals surface area contributed by atoms with Crippen LogP contribution in [0.25, 0.3) is 0 Å². The number of fused-ring (bicyclic) bond motifs is 1. The fourth-order valence-electron chi connectivity index (χ4n) is 4.02. The van der Waals surface area contributed by atoms with Crippen LogP contribution < -0.4 is 10.2 Å². The minimum absolute atomic E-state index is 0.0632. The topological polar surface area (TPSA) is 69.7 Å². The molecule has 4 rings (SSSR count). The number of nitrogens with one attached hydrogen (secondary N) is 1. The second-order valence-corrected chi connectivity index (χ2v) is 8.13. The second kappa shape index (κ2) is 8.07. The van der Waals surface area contributed by atoms with E-state index in [0.717, 1.165) is 11.1 Å². The third-order valence-electron chi connectivity index (χ3n) is 5.59. The van der Waals surface area contributed by atoms with Crippen LogP contribution in [-0.4, -0.2) is 48.2 Å². The zero-order valence-electron chi connectivity index (χ0n) is 16.5. The zero-order chi connectivity index (χ0) is 21.4. The summed E-state index contributed by atoms with van der Waals surface area (Å²) >= 11 is 5.75. The number of rotatable bonds is 2. The monoisotopic (exact) mass is 429 g/mol. The number of hydrogen-bond donors (Lipinski definition) is 1. The minimum Gasteiger partial charge on any atom is -0.368 e. The van der Waals surface area contributed by atoms with Gasteiger partial charge in [-0.1, -0.05) is 17.7 Å². The van der Waals surface area contributed by atoms with Crippen molar-refractivity contribution in [3.8, 4) is 0 Å². The highest BCUT2D eigenvalue weighted by molar-refractivity contribution is 6.39. The number of carbonyl (C=O) groups excluding carboxylic acids is 3. The van der Waals surface area contributed by atoms with Gasteiger partial charge in [0.15, 0.2) is 0 Å². The maximum atomic E-state index is 13.8. The van der Waals surface area contributed by atoms with Gasteiger partial charge in [-0.3, -0.25) is 14.4 Å². The van der Waals surface area contributed by atoms with Crippen molar-refractivity contribution in [2.45, 2.75) is 25.8 Å². The minimum atomic E-state index is -0.711. The first kappa shape index (κ1) is 20.3. The highest BCUT2D eigenvalue weighted by Gasteiger charge is 2.31. The summed E-state index contributed by atoms with van der Waals surface area (Å²) in [6, 6.07) is 9.66. The number of ketones is 1. The van der Waals surface area contributed by atoms with E-state index < -0.39 is 17.6 Å². The van der Waals surface area contributed by atoms with Gasteiger partial charge in [0, 0.05) is 49.9 Å². The number of Topliss-reactive ketones (excluding diaryl/α,β-unsaturated/α-hetero) is 1. The molecule has 1 atom stereocenters. The van der Waals surface area contributed by atoms with E-state index in [1.54, 1.807) is 18.2 Å². The quantitative estimate of drug-likeness (QED) is 0.745. The molecule has 8 heteroatoms. The van der Waals surface area contributed by atoms with Gasteiger partial charge in [0.05, 0.1) is 5.02 Å². The van der Waals surface area contributed by atoms with Crippen molar-refractivity contribution in [2.75, 3.05) is 29.9 Å². The molecule has 1 N–H and O–H groups in total. The van der Waals surface area contributed by atoms with E-state index in [4.69, 9.17) is 11.6 Å². The number of piperazine rings is 1. The van der Waals surface area contributed by atoms with Crippen LogP contribution >= 0.6 is 11.6 Å². The Hall–Kier alpha value is -2.93. The third kappa shape index (κ3) is 4.03. The van der Waals surface area contributed by atoms with Crippen molar-refractivity contribution in [1.29, 1.82) is 0 Å². The van der Waals surface area contributed by atoms with Crippen LogP contribution in [0.1, 0.15) is 18.1 Å². The predicted octanol–water partition coefficient (Wildman–Crippen LogP) is 2.82. The summed E-state index contributed by atoms with van der Waals surface area (Å²) in [4.78, 5) is 40.3. The highest BCUT2D eigenvalue weighted by atomic mass is 35.5. The molecule has 1 saturated heterocycles. The van der Waals surface area contributed by atoms with Crippen molar-refractivity contribution in [3.05, 3.63) is 58.4 Å². The SMILES string of the molecule is C[C@@H]1CN(c2ccc(Cl)c(F)c2)CCN1C(=O)C(=O)Nc1ccc2c(c1)CC(=O)C2. The van der Waals surface area contributed by atoms with Crippen molar-refractivity contribution >= 4 is 40.6 Å². The van der Waals surface area contributed by atoms with Crippen LogP contribution in [0.5, 0.6) is 0 Å². The molecule has 30 heavy (non-hydrogen) atoms. The summed E-state index contributed by atoms with van der Waals surface area (Å²) in [6.45, 7) is 3.15. The standard InChI is InChI=1S/C22H21ClFN3O3/c1-13-12-26(17-4-5-19(23)20(24)11-17)6-7-27(13)22(30)21(29)25-16-3-2-14-9-18(28)10-15(14)8-16/h2-5,8,11,13H,6-7,9-10,12H2,1H3,(H,25,29)/t13-/m1/s1. The number of nitrogens with zero attached hydrogens (tertiary/aromatic N) is 2. The Balaban J connectivity index is 1.39. The lowest BCUT2D eigenvalue weighted by atomic mass is 10.1.